The summed E-state index contributed by atoms with van der Waals surface area (Å²) in [6.07, 6.45) is 1.98. The highest BCUT2D eigenvalue weighted by Crippen LogP contribution is 2.24. The Balaban J connectivity index is 1.64. The van der Waals surface area contributed by atoms with Gasteiger partial charge in [-0.2, -0.15) is 0 Å². The van der Waals surface area contributed by atoms with Crippen LogP contribution in [0.15, 0.2) is 39.9 Å². The average molecular weight is 409 g/mol. The molecule has 1 aromatic carbocycles. The van der Waals surface area contributed by atoms with E-state index in [0.717, 1.165) is 48.6 Å². The van der Waals surface area contributed by atoms with Crippen LogP contribution in [0, 0.1) is 5.92 Å². The van der Waals surface area contributed by atoms with Crippen LogP contribution in [0.25, 0.3) is 0 Å². The third kappa shape index (κ3) is 4.88. The van der Waals surface area contributed by atoms with E-state index in [4.69, 9.17) is 4.74 Å². The molecule has 0 saturated carbocycles. The van der Waals surface area contributed by atoms with Gasteiger partial charge in [-0.3, -0.25) is 4.79 Å². The number of sulfonamides is 1. The summed E-state index contributed by atoms with van der Waals surface area (Å²) in [7, 11) is -2.08. The zero-order valence-electron chi connectivity index (χ0n) is 15.5. The second-order valence-corrected chi connectivity index (χ2v) is 9.71. The van der Waals surface area contributed by atoms with E-state index in [1.54, 1.807) is 24.6 Å². The van der Waals surface area contributed by atoms with Gasteiger partial charge in [0.25, 0.3) is 5.91 Å². The second kappa shape index (κ2) is 8.41. The highest BCUT2D eigenvalue weighted by atomic mass is 32.2. The smallest absolute Gasteiger partial charge is 0.254 e. The molecule has 0 bridgehead atoms. The summed E-state index contributed by atoms with van der Waals surface area (Å²) in [5.41, 5.74) is 1.27. The van der Waals surface area contributed by atoms with Crippen LogP contribution in [-0.2, 0) is 16.6 Å². The van der Waals surface area contributed by atoms with Gasteiger partial charge in [-0.05, 0) is 42.5 Å². The van der Waals surface area contributed by atoms with Crippen LogP contribution in [0.1, 0.15) is 35.7 Å². The van der Waals surface area contributed by atoms with Crippen molar-refractivity contribution in [2.45, 2.75) is 30.5 Å². The number of nitrogens with one attached hydrogen (secondary N) is 1. The Hall–Kier alpha value is -1.90. The number of hydrogen-bond acceptors (Lipinski definition) is 5. The maximum absolute atomic E-state index is 12.6. The third-order valence-electron chi connectivity index (χ3n) is 4.78. The number of likely N-dealkylation sites (tertiary alicyclic amines) is 1. The van der Waals surface area contributed by atoms with Gasteiger partial charge in [0.15, 0.2) is 0 Å². The molecule has 1 aliphatic rings. The van der Waals surface area contributed by atoms with Crippen molar-refractivity contribution in [3.8, 4) is 5.75 Å². The SMILES string of the molecule is COc1ccc(CNS(=O)(=O)c2cc(C(=O)N3CCC(C)CC3)cs2)cc1. The predicted molar refractivity (Wildman–Crippen MR) is 106 cm³/mol. The molecule has 0 aliphatic carbocycles. The molecule has 2 heterocycles. The first-order valence-electron chi connectivity index (χ1n) is 8.89. The Morgan fingerprint density at radius 2 is 1.93 bits per heavy atom. The van der Waals surface area contributed by atoms with Crippen molar-refractivity contribution in [3.05, 3.63) is 46.8 Å². The predicted octanol–water partition coefficient (Wildman–Crippen LogP) is 3.11. The molecule has 0 spiro atoms. The molecule has 6 nitrogen and oxygen atoms in total. The number of carbonyl (C=O) groups is 1. The first-order chi connectivity index (χ1) is 12.9. The minimum absolute atomic E-state index is 0.0882. The Morgan fingerprint density at radius 3 is 2.56 bits per heavy atom. The summed E-state index contributed by atoms with van der Waals surface area (Å²) in [6.45, 7) is 3.82. The lowest BCUT2D eigenvalue weighted by molar-refractivity contribution is 0.0697. The summed E-state index contributed by atoms with van der Waals surface area (Å²) in [5.74, 6) is 1.26. The highest BCUT2D eigenvalue weighted by Gasteiger charge is 2.24. The average Bonchev–Trinajstić information content (AvgIpc) is 3.18. The summed E-state index contributed by atoms with van der Waals surface area (Å²) in [5, 5.41) is 1.63. The Bertz CT molecular complexity index is 883. The van der Waals surface area contributed by atoms with Crippen LogP contribution < -0.4 is 9.46 Å². The first kappa shape index (κ1) is 19.9. The zero-order valence-corrected chi connectivity index (χ0v) is 17.1. The molecular formula is C19H24N2O4S2. The number of amides is 1. The van der Waals surface area contributed by atoms with Crippen molar-refractivity contribution in [2.75, 3.05) is 20.2 Å². The Labute approximate surface area is 164 Å². The number of methoxy groups -OCH3 is 1. The molecule has 3 rings (SSSR count). The molecular weight excluding hydrogens is 384 g/mol. The van der Waals surface area contributed by atoms with Gasteiger partial charge in [-0.15, -0.1) is 11.3 Å². The van der Waals surface area contributed by atoms with Crippen molar-refractivity contribution in [2.24, 2.45) is 5.92 Å². The lowest BCUT2D eigenvalue weighted by Crippen LogP contribution is -2.37. The molecule has 2 aromatic rings. The maximum atomic E-state index is 12.6. The van der Waals surface area contributed by atoms with Gasteiger partial charge in [0.2, 0.25) is 10.0 Å². The fourth-order valence-electron chi connectivity index (χ4n) is 2.96. The summed E-state index contributed by atoms with van der Waals surface area (Å²) in [4.78, 5) is 14.4. The van der Waals surface area contributed by atoms with Crippen molar-refractivity contribution in [1.82, 2.24) is 9.62 Å². The van der Waals surface area contributed by atoms with E-state index in [9.17, 15) is 13.2 Å². The van der Waals surface area contributed by atoms with Gasteiger partial charge >= 0.3 is 0 Å². The molecule has 1 amide bonds. The van der Waals surface area contributed by atoms with E-state index in [2.05, 4.69) is 11.6 Å². The lowest BCUT2D eigenvalue weighted by atomic mass is 9.99. The molecule has 1 aliphatic heterocycles. The van der Waals surface area contributed by atoms with Crippen LogP contribution in [0.4, 0.5) is 0 Å². The maximum Gasteiger partial charge on any atom is 0.254 e. The first-order valence-corrected chi connectivity index (χ1v) is 11.3. The molecule has 0 unspecified atom stereocenters. The van der Waals surface area contributed by atoms with Crippen LogP contribution in [0.2, 0.25) is 0 Å². The molecule has 27 heavy (non-hydrogen) atoms. The zero-order chi connectivity index (χ0) is 19.4. The minimum atomic E-state index is -3.66. The molecule has 146 valence electrons. The number of thiophene rings is 1. The largest absolute Gasteiger partial charge is 0.497 e. The summed E-state index contributed by atoms with van der Waals surface area (Å²) in [6, 6.07) is 8.65. The number of piperidine rings is 1. The number of nitrogens with zero attached hydrogens (tertiary/aromatic N) is 1. The topological polar surface area (TPSA) is 75.7 Å². The van der Waals surface area contributed by atoms with E-state index >= 15 is 0 Å². The number of rotatable bonds is 6. The second-order valence-electron chi connectivity index (χ2n) is 6.80. The van der Waals surface area contributed by atoms with Crippen molar-refractivity contribution >= 4 is 27.3 Å². The van der Waals surface area contributed by atoms with E-state index in [-0.39, 0.29) is 16.7 Å². The highest BCUT2D eigenvalue weighted by molar-refractivity contribution is 7.91. The standard InChI is InChI=1S/C19H24N2O4S2/c1-14-7-9-21(10-8-14)19(22)16-11-18(26-13-16)27(23,24)20-12-15-3-5-17(25-2)6-4-15/h3-6,11,13-14,20H,7-10,12H2,1-2H3. The van der Waals surface area contributed by atoms with Gasteiger partial charge in [0.05, 0.1) is 12.7 Å². The molecule has 1 N–H and O–H groups in total. The van der Waals surface area contributed by atoms with Gasteiger partial charge in [-0.25, -0.2) is 13.1 Å². The third-order valence-corrected chi connectivity index (χ3v) is 7.62. The molecule has 1 fully saturated rings. The normalized spacial score (nSPS) is 15.7. The van der Waals surface area contributed by atoms with Gasteiger partial charge in [0.1, 0.15) is 9.96 Å². The monoisotopic (exact) mass is 408 g/mol. The Morgan fingerprint density at radius 1 is 1.26 bits per heavy atom. The van der Waals surface area contributed by atoms with Gasteiger partial charge in [-0.1, -0.05) is 19.1 Å². The van der Waals surface area contributed by atoms with Crippen LogP contribution in [0.3, 0.4) is 0 Å². The quantitative estimate of drug-likeness (QED) is 0.797. The number of ether oxygens (including phenoxy) is 1. The fourth-order valence-corrected chi connectivity index (χ4v) is 5.17. The fraction of sp³-hybridized carbons (Fsp3) is 0.421. The van der Waals surface area contributed by atoms with Gasteiger partial charge < -0.3 is 9.64 Å². The number of hydrogen-bond donors (Lipinski definition) is 1. The van der Waals surface area contributed by atoms with E-state index in [1.165, 1.54) is 6.07 Å². The van der Waals surface area contributed by atoms with Crippen LogP contribution >= 0.6 is 11.3 Å². The van der Waals surface area contributed by atoms with E-state index in [1.807, 2.05) is 17.0 Å². The van der Waals surface area contributed by atoms with Crippen LogP contribution in [0.5, 0.6) is 5.75 Å². The molecule has 8 heteroatoms. The lowest BCUT2D eigenvalue weighted by Gasteiger charge is -2.30. The van der Waals surface area contributed by atoms with Crippen molar-refractivity contribution in [1.29, 1.82) is 0 Å². The molecule has 1 saturated heterocycles. The number of carbonyl (C=O) groups excluding carboxylic acids is 1. The summed E-state index contributed by atoms with van der Waals surface area (Å²) >= 11 is 1.07. The van der Waals surface area contributed by atoms with E-state index in [0.29, 0.717) is 11.5 Å². The van der Waals surface area contributed by atoms with E-state index < -0.39 is 10.0 Å². The molecule has 0 radical (unpaired) electrons. The molecule has 1 aromatic heterocycles. The van der Waals surface area contributed by atoms with Gasteiger partial charge in [0, 0.05) is 25.0 Å². The van der Waals surface area contributed by atoms with Crippen LogP contribution in [-0.4, -0.2) is 39.4 Å². The molecule has 0 atom stereocenters. The number of benzene rings is 1. The van der Waals surface area contributed by atoms with Crippen molar-refractivity contribution in [3.63, 3.8) is 0 Å². The minimum Gasteiger partial charge on any atom is -0.497 e. The summed E-state index contributed by atoms with van der Waals surface area (Å²) < 4.78 is 32.9. The Kier molecular flexibility index (Phi) is 6.18. The van der Waals surface area contributed by atoms with Crippen molar-refractivity contribution < 1.29 is 17.9 Å².